The van der Waals surface area contributed by atoms with Gasteiger partial charge in [0.05, 0.1) is 25.2 Å². The van der Waals surface area contributed by atoms with Crippen molar-refractivity contribution in [2.45, 2.75) is 64.8 Å². The van der Waals surface area contributed by atoms with Crippen molar-refractivity contribution in [1.82, 2.24) is 4.81 Å². The van der Waals surface area contributed by atoms with E-state index in [1.807, 2.05) is 0 Å². The Labute approximate surface area is 128 Å². The second kappa shape index (κ2) is 9.39. The predicted octanol–water partition coefficient (Wildman–Crippen LogP) is 1.19. The predicted molar refractivity (Wildman–Crippen MR) is 80.4 cm³/mol. The van der Waals surface area contributed by atoms with Crippen LogP contribution < -0.4 is 0 Å². The number of aliphatic hydroxyl groups excluding tert-OH is 1. The smallest absolute Gasteiger partial charge is 0.396 e. The van der Waals surface area contributed by atoms with Gasteiger partial charge < -0.3 is 19.2 Å². The van der Waals surface area contributed by atoms with Crippen molar-refractivity contribution in [2.24, 2.45) is 0 Å². The summed E-state index contributed by atoms with van der Waals surface area (Å²) >= 11 is 0. The average Bonchev–Trinajstić information content (AvgIpc) is 2.85. The van der Waals surface area contributed by atoms with E-state index in [-0.39, 0.29) is 30.9 Å². The van der Waals surface area contributed by atoms with Gasteiger partial charge in [0.2, 0.25) is 0 Å². The number of aliphatic hydroxyl groups is 1. The molecule has 0 aromatic rings. The van der Waals surface area contributed by atoms with Gasteiger partial charge in [-0.05, 0) is 18.5 Å². The number of hydrogen-bond acceptors (Lipinski definition) is 6. The van der Waals surface area contributed by atoms with Crippen LogP contribution in [-0.2, 0) is 14.0 Å². The van der Waals surface area contributed by atoms with E-state index in [1.54, 1.807) is 0 Å². The van der Waals surface area contributed by atoms with E-state index in [0.29, 0.717) is 19.6 Å². The maximum absolute atomic E-state index is 9.32. The first-order valence-electron chi connectivity index (χ1n) is 7.65. The molecule has 120 valence electrons. The quantitative estimate of drug-likeness (QED) is 0.509. The fourth-order valence-corrected chi connectivity index (χ4v) is 2.59. The van der Waals surface area contributed by atoms with Crippen molar-refractivity contribution in [3.05, 3.63) is 0 Å². The van der Waals surface area contributed by atoms with E-state index in [4.69, 9.17) is 19.3 Å². The van der Waals surface area contributed by atoms with Crippen LogP contribution in [0.25, 0.3) is 0 Å². The lowest BCUT2D eigenvalue weighted by atomic mass is 9.96. The molecule has 1 aliphatic rings. The minimum atomic E-state index is -0.529. The van der Waals surface area contributed by atoms with Gasteiger partial charge in [-0.25, -0.2) is 0 Å². The van der Waals surface area contributed by atoms with Crippen molar-refractivity contribution in [3.63, 3.8) is 0 Å². The fourth-order valence-electron chi connectivity index (χ4n) is 2.59. The van der Waals surface area contributed by atoms with E-state index in [1.165, 1.54) is 0 Å². The summed E-state index contributed by atoms with van der Waals surface area (Å²) in [5, 5.41) is 18.0. The van der Waals surface area contributed by atoms with Crippen molar-refractivity contribution in [1.29, 1.82) is 5.26 Å². The molecule has 1 N–H and O–H groups in total. The first-order chi connectivity index (χ1) is 10.0. The summed E-state index contributed by atoms with van der Waals surface area (Å²) in [7, 11) is -0.529. The van der Waals surface area contributed by atoms with Crippen molar-refractivity contribution in [2.75, 3.05) is 19.8 Å². The zero-order valence-corrected chi connectivity index (χ0v) is 13.5. The van der Waals surface area contributed by atoms with Gasteiger partial charge in [-0.3, -0.25) is 4.81 Å². The van der Waals surface area contributed by atoms with E-state index in [0.717, 1.165) is 6.42 Å². The van der Waals surface area contributed by atoms with Crippen LogP contribution in [0.3, 0.4) is 0 Å². The Hall–Kier alpha value is -0.645. The maximum Gasteiger partial charge on any atom is 0.558 e. The molecule has 1 aliphatic heterocycles. The molecule has 0 saturated carbocycles. The van der Waals surface area contributed by atoms with Gasteiger partial charge in [0.1, 0.15) is 6.10 Å². The number of rotatable bonds is 9. The molecule has 0 radical (unpaired) electrons. The molecule has 1 rings (SSSR count). The van der Waals surface area contributed by atoms with Crippen LogP contribution in [0, 0.1) is 11.3 Å². The Bertz CT molecular complexity index is 327. The van der Waals surface area contributed by atoms with Gasteiger partial charge in [-0.2, -0.15) is 5.26 Å². The van der Waals surface area contributed by atoms with Crippen molar-refractivity contribution < 1.29 is 19.2 Å². The van der Waals surface area contributed by atoms with Crippen LogP contribution in [0.2, 0.25) is 0 Å². The highest BCUT2D eigenvalue weighted by molar-refractivity contribution is 6.41. The van der Waals surface area contributed by atoms with Gasteiger partial charge in [-0.1, -0.05) is 27.7 Å². The monoisotopic (exact) mass is 298 g/mol. The SMILES string of the molecule is CC(C)N(B(OCCC#N)OC1CCOC1CO)C(C)C. The van der Waals surface area contributed by atoms with Gasteiger partial charge in [0.25, 0.3) is 0 Å². The molecule has 0 aliphatic carbocycles. The van der Waals surface area contributed by atoms with E-state index < -0.39 is 7.25 Å². The molecule has 0 aromatic heterocycles. The number of nitriles is 1. The molecule has 7 heteroatoms. The summed E-state index contributed by atoms with van der Waals surface area (Å²) in [6.07, 6.45) is 0.595. The zero-order chi connectivity index (χ0) is 15.8. The zero-order valence-electron chi connectivity index (χ0n) is 13.5. The third-order valence-corrected chi connectivity index (χ3v) is 3.53. The highest BCUT2D eigenvalue weighted by Gasteiger charge is 2.39. The normalized spacial score (nSPS) is 22.2. The Morgan fingerprint density at radius 1 is 1.38 bits per heavy atom. The second-order valence-corrected chi connectivity index (χ2v) is 5.78. The van der Waals surface area contributed by atoms with Gasteiger partial charge in [-0.15, -0.1) is 0 Å². The molecule has 0 bridgehead atoms. The summed E-state index contributed by atoms with van der Waals surface area (Å²) in [6.45, 7) is 9.19. The molecule has 0 spiro atoms. The minimum absolute atomic E-state index is 0.0566. The first kappa shape index (κ1) is 18.4. The average molecular weight is 298 g/mol. The maximum atomic E-state index is 9.32. The van der Waals surface area contributed by atoms with Crippen LogP contribution >= 0.6 is 0 Å². The molecular formula is C14H27BN2O4. The van der Waals surface area contributed by atoms with Crippen LogP contribution in [-0.4, -0.2) is 61.3 Å². The molecule has 1 heterocycles. The summed E-state index contributed by atoms with van der Waals surface area (Å²) in [5.74, 6) is 0. The van der Waals surface area contributed by atoms with Gasteiger partial charge in [0.15, 0.2) is 0 Å². The third kappa shape index (κ3) is 5.57. The molecular weight excluding hydrogens is 271 g/mol. The second-order valence-electron chi connectivity index (χ2n) is 5.78. The lowest BCUT2D eigenvalue weighted by molar-refractivity contribution is -0.00772. The minimum Gasteiger partial charge on any atom is -0.396 e. The van der Waals surface area contributed by atoms with Crippen LogP contribution in [0.4, 0.5) is 0 Å². The van der Waals surface area contributed by atoms with Gasteiger partial charge in [0, 0.05) is 13.2 Å². The van der Waals surface area contributed by atoms with Gasteiger partial charge >= 0.3 is 7.25 Å². The van der Waals surface area contributed by atoms with E-state index in [2.05, 4.69) is 38.6 Å². The molecule has 2 atom stereocenters. The molecule has 1 saturated heterocycles. The Morgan fingerprint density at radius 3 is 2.57 bits per heavy atom. The summed E-state index contributed by atoms with van der Waals surface area (Å²) in [5.41, 5.74) is 0. The van der Waals surface area contributed by atoms with Crippen LogP contribution in [0.1, 0.15) is 40.5 Å². The number of nitrogens with zero attached hydrogens (tertiary/aromatic N) is 2. The van der Waals surface area contributed by atoms with Crippen LogP contribution in [0.5, 0.6) is 0 Å². The summed E-state index contributed by atoms with van der Waals surface area (Å²) in [4.78, 5) is 2.12. The van der Waals surface area contributed by atoms with E-state index in [9.17, 15) is 5.11 Å². The summed E-state index contributed by atoms with van der Waals surface area (Å²) in [6, 6.07) is 2.56. The van der Waals surface area contributed by atoms with Crippen LogP contribution in [0.15, 0.2) is 0 Å². The highest BCUT2D eigenvalue weighted by atomic mass is 16.6. The lowest BCUT2D eigenvalue weighted by Crippen LogP contribution is -2.54. The highest BCUT2D eigenvalue weighted by Crippen LogP contribution is 2.20. The third-order valence-electron chi connectivity index (χ3n) is 3.53. The van der Waals surface area contributed by atoms with Crippen molar-refractivity contribution >= 4 is 7.25 Å². The number of hydrogen-bond donors (Lipinski definition) is 1. The number of ether oxygens (including phenoxy) is 1. The first-order valence-corrected chi connectivity index (χ1v) is 7.65. The molecule has 1 fully saturated rings. The molecule has 0 amide bonds. The Balaban J connectivity index is 2.73. The Morgan fingerprint density at radius 2 is 2.05 bits per heavy atom. The lowest BCUT2D eigenvalue weighted by Gasteiger charge is -2.35. The summed E-state index contributed by atoms with van der Waals surface area (Å²) < 4.78 is 17.3. The topological polar surface area (TPSA) is 75.0 Å². The standard InChI is InChI=1S/C14H27BN2O4/c1-11(2)17(12(3)4)15(20-8-5-7-16)21-13-6-9-19-14(13)10-18/h11-14,18H,5-6,8-10H2,1-4H3. The van der Waals surface area contributed by atoms with E-state index >= 15 is 0 Å². The van der Waals surface area contributed by atoms with Crippen molar-refractivity contribution in [3.8, 4) is 6.07 Å². The molecule has 0 aromatic carbocycles. The Kier molecular flexibility index (Phi) is 8.23. The fraction of sp³-hybridized carbons (Fsp3) is 0.929. The molecule has 2 unspecified atom stereocenters. The molecule has 21 heavy (non-hydrogen) atoms. The molecule has 6 nitrogen and oxygen atoms in total. The largest absolute Gasteiger partial charge is 0.558 e.